The normalized spacial score (nSPS) is 11.3. The number of carbonyl (C=O) groups is 2. The van der Waals surface area contributed by atoms with E-state index in [0.717, 1.165) is 25.7 Å². The Kier molecular flexibility index (Phi) is 9.27. The lowest BCUT2D eigenvalue weighted by Gasteiger charge is -2.15. The van der Waals surface area contributed by atoms with Crippen LogP contribution in [0.2, 0.25) is 5.02 Å². The van der Waals surface area contributed by atoms with Crippen molar-refractivity contribution in [2.45, 2.75) is 26.7 Å². The van der Waals surface area contributed by atoms with Gasteiger partial charge in [0.15, 0.2) is 6.61 Å². The zero-order valence-corrected chi connectivity index (χ0v) is 24.9. The Labute approximate surface area is 243 Å². The fraction of sp³-hybridized carbons (Fsp3) is 0.207. The second-order valence-corrected chi connectivity index (χ2v) is 11.2. The molecule has 0 fully saturated rings. The molecule has 1 aromatic heterocycles. The average molecular weight is 630 g/mol. The van der Waals surface area contributed by atoms with Gasteiger partial charge in [-0.1, -0.05) is 41.4 Å². The van der Waals surface area contributed by atoms with Gasteiger partial charge in [0.2, 0.25) is 0 Å². The molecule has 0 unspecified atom stereocenters. The lowest BCUT2D eigenvalue weighted by molar-refractivity contribution is -0.123. The third-order valence-electron chi connectivity index (χ3n) is 5.79. The van der Waals surface area contributed by atoms with Crippen LogP contribution in [0.5, 0.6) is 17.2 Å². The summed E-state index contributed by atoms with van der Waals surface area (Å²) in [5, 5.41) is 5.10. The number of aryl methyl sites for hydroxylation is 1. The summed E-state index contributed by atoms with van der Waals surface area (Å²) in [6, 6.07) is 16.1. The Morgan fingerprint density at radius 3 is 2.51 bits per heavy atom. The van der Waals surface area contributed by atoms with Crippen LogP contribution in [-0.4, -0.2) is 31.8 Å². The SMILES string of the molecule is COc1ccc2c(Cl)c(C(=O)Oc3ccc(C=NNC(=O)COc4cc(C)c(Br)cc4C(C)C)cc3)sc2c1. The van der Waals surface area contributed by atoms with Crippen molar-refractivity contribution in [2.75, 3.05) is 13.7 Å². The molecule has 4 rings (SSSR count). The highest BCUT2D eigenvalue weighted by atomic mass is 79.9. The number of carbonyl (C=O) groups excluding carboxylic acids is 2. The van der Waals surface area contributed by atoms with Crippen molar-refractivity contribution >= 4 is 67.0 Å². The van der Waals surface area contributed by atoms with Gasteiger partial charge in [0.25, 0.3) is 5.91 Å². The fourth-order valence-corrected chi connectivity index (χ4v) is 5.45. The van der Waals surface area contributed by atoms with Gasteiger partial charge in [-0.3, -0.25) is 4.79 Å². The number of esters is 1. The highest BCUT2D eigenvalue weighted by Crippen LogP contribution is 2.38. The maximum absolute atomic E-state index is 12.7. The van der Waals surface area contributed by atoms with E-state index in [-0.39, 0.29) is 18.4 Å². The Morgan fingerprint density at radius 2 is 1.82 bits per heavy atom. The lowest BCUT2D eigenvalue weighted by atomic mass is 10.0. The molecule has 0 spiro atoms. The molecule has 0 aliphatic rings. The maximum Gasteiger partial charge on any atom is 0.355 e. The predicted molar refractivity (Wildman–Crippen MR) is 159 cm³/mol. The summed E-state index contributed by atoms with van der Waals surface area (Å²) in [7, 11) is 1.58. The first-order valence-electron chi connectivity index (χ1n) is 12.0. The van der Waals surface area contributed by atoms with E-state index in [0.29, 0.717) is 32.7 Å². The second-order valence-electron chi connectivity index (χ2n) is 8.94. The summed E-state index contributed by atoms with van der Waals surface area (Å²) in [4.78, 5) is 25.3. The number of hydrogen-bond acceptors (Lipinski definition) is 7. The van der Waals surface area contributed by atoms with Crippen LogP contribution >= 0.6 is 38.9 Å². The lowest BCUT2D eigenvalue weighted by Crippen LogP contribution is -2.25. The second kappa shape index (κ2) is 12.6. The Morgan fingerprint density at radius 1 is 1.10 bits per heavy atom. The average Bonchev–Trinajstić information content (AvgIpc) is 3.25. The molecule has 4 aromatic rings. The smallest absolute Gasteiger partial charge is 0.355 e. The topological polar surface area (TPSA) is 86.2 Å². The van der Waals surface area contributed by atoms with E-state index in [2.05, 4.69) is 40.3 Å². The van der Waals surface area contributed by atoms with Crippen molar-refractivity contribution in [3.8, 4) is 17.2 Å². The van der Waals surface area contributed by atoms with Crippen LogP contribution in [0.3, 0.4) is 0 Å². The van der Waals surface area contributed by atoms with E-state index in [9.17, 15) is 9.59 Å². The highest BCUT2D eigenvalue weighted by molar-refractivity contribution is 9.10. The number of thiophene rings is 1. The maximum atomic E-state index is 12.7. The van der Waals surface area contributed by atoms with Crippen LogP contribution in [0.1, 0.15) is 46.1 Å². The Balaban J connectivity index is 1.32. The molecular weight excluding hydrogens is 604 g/mol. The van der Waals surface area contributed by atoms with Crippen LogP contribution in [0.25, 0.3) is 10.1 Å². The molecule has 0 saturated carbocycles. The molecule has 0 aliphatic heterocycles. The summed E-state index contributed by atoms with van der Waals surface area (Å²) in [5.41, 5.74) is 5.20. The number of methoxy groups -OCH3 is 1. The van der Waals surface area contributed by atoms with Gasteiger partial charge >= 0.3 is 5.97 Å². The van der Waals surface area contributed by atoms with Gasteiger partial charge in [0, 0.05) is 14.6 Å². The number of fused-ring (bicyclic) bond motifs is 1. The van der Waals surface area contributed by atoms with Gasteiger partial charge in [-0.15, -0.1) is 11.3 Å². The molecule has 0 saturated heterocycles. The Bertz CT molecular complexity index is 1550. The molecule has 3 aromatic carbocycles. The van der Waals surface area contributed by atoms with E-state index < -0.39 is 5.97 Å². The number of hydrazone groups is 1. The number of benzene rings is 3. The monoisotopic (exact) mass is 628 g/mol. The first kappa shape index (κ1) is 28.6. The molecule has 202 valence electrons. The van der Waals surface area contributed by atoms with Gasteiger partial charge in [0.1, 0.15) is 22.1 Å². The number of nitrogens with zero attached hydrogens (tertiary/aromatic N) is 1. The van der Waals surface area contributed by atoms with Crippen molar-refractivity contribution in [3.05, 3.63) is 85.7 Å². The highest BCUT2D eigenvalue weighted by Gasteiger charge is 2.19. The van der Waals surface area contributed by atoms with E-state index in [1.807, 2.05) is 31.2 Å². The molecule has 0 radical (unpaired) electrons. The number of amides is 1. The number of hydrogen-bond donors (Lipinski definition) is 1. The van der Waals surface area contributed by atoms with E-state index in [1.54, 1.807) is 37.4 Å². The fourth-order valence-electron chi connectivity index (χ4n) is 3.68. The van der Waals surface area contributed by atoms with Crippen LogP contribution in [0, 0.1) is 6.92 Å². The van der Waals surface area contributed by atoms with Crippen molar-refractivity contribution in [2.24, 2.45) is 5.10 Å². The standard InChI is InChI=1S/C29H26BrClN2O5S/c1-16(2)22-13-23(30)17(3)11-24(22)37-15-26(34)33-32-14-18-5-7-19(8-6-18)38-29(35)28-27(31)21-10-9-20(36-4)12-25(21)39-28/h5-14,16H,15H2,1-4H3,(H,33,34). The predicted octanol–water partition coefficient (Wildman–Crippen LogP) is 7.51. The molecule has 1 N–H and O–H groups in total. The largest absolute Gasteiger partial charge is 0.497 e. The van der Waals surface area contributed by atoms with Crippen molar-refractivity contribution in [1.29, 1.82) is 0 Å². The molecule has 0 atom stereocenters. The first-order chi connectivity index (χ1) is 18.7. The van der Waals surface area contributed by atoms with Crippen molar-refractivity contribution in [1.82, 2.24) is 5.43 Å². The molecule has 0 aliphatic carbocycles. The van der Waals surface area contributed by atoms with Crippen molar-refractivity contribution in [3.63, 3.8) is 0 Å². The minimum atomic E-state index is -0.546. The number of halogens is 2. The molecule has 10 heteroatoms. The van der Waals surface area contributed by atoms with Crippen LogP contribution in [0.4, 0.5) is 0 Å². The van der Waals surface area contributed by atoms with E-state index in [1.165, 1.54) is 17.6 Å². The molecule has 0 bridgehead atoms. The minimum Gasteiger partial charge on any atom is -0.497 e. The van der Waals surface area contributed by atoms with E-state index in [4.69, 9.17) is 25.8 Å². The molecular formula is C29H26BrClN2O5S. The molecule has 7 nitrogen and oxygen atoms in total. The molecule has 39 heavy (non-hydrogen) atoms. The van der Waals surface area contributed by atoms with Gasteiger partial charge in [-0.2, -0.15) is 5.10 Å². The van der Waals surface area contributed by atoms with Crippen LogP contribution in [0.15, 0.2) is 64.2 Å². The van der Waals surface area contributed by atoms with Gasteiger partial charge in [0.05, 0.1) is 18.3 Å². The molecule has 1 amide bonds. The van der Waals surface area contributed by atoms with Gasteiger partial charge in [-0.25, -0.2) is 10.2 Å². The third kappa shape index (κ3) is 6.98. The number of ether oxygens (including phenoxy) is 3. The van der Waals surface area contributed by atoms with Gasteiger partial charge < -0.3 is 14.2 Å². The third-order valence-corrected chi connectivity index (χ3v) is 8.28. The summed E-state index contributed by atoms with van der Waals surface area (Å²) in [5.74, 6) is 1.02. The molecule has 1 heterocycles. The summed E-state index contributed by atoms with van der Waals surface area (Å²) < 4.78 is 18.3. The van der Waals surface area contributed by atoms with Crippen LogP contribution in [-0.2, 0) is 4.79 Å². The first-order valence-corrected chi connectivity index (χ1v) is 14.0. The minimum absolute atomic E-state index is 0.167. The van der Waals surface area contributed by atoms with Crippen LogP contribution < -0.4 is 19.6 Å². The van der Waals surface area contributed by atoms with Gasteiger partial charge in [-0.05, 0) is 84.1 Å². The van der Waals surface area contributed by atoms with Crippen molar-refractivity contribution < 1.29 is 23.8 Å². The summed E-state index contributed by atoms with van der Waals surface area (Å²) >= 11 is 11.2. The number of rotatable bonds is 9. The summed E-state index contributed by atoms with van der Waals surface area (Å²) in [6.45, 7) is 5.93. The zero-order chi connectivity index (χ0) is 28.1. The Hall–Kier alpha value is -3.40. The quantitative estimate of drug-likeness (QED) is 0.0897. The van der Waals surface area contributed by atoms with E-state index >= 15 is 0 Å². The summed E-state index contributed by atoms with van der Waals surface area (Å²) in [6.07, 6.45) is 1.49. The number of nitrogens with one attached hydrogen (secondary N) is 1. The zero-order valence-electron chi connectivity index (χ0n) is 21.7.